The number of hydrogen-bond donors (Lipinski definition) is 0. The van der Waals surface area contributed by atoms with Crippen LogP contribution in [0.15, 0.2) is 58.5 Å². The second-order valence-corrected chi connectivity index (χ2v) is 7.93. The fraction of sp³-hybridized carbons (Fsp3) is 0.318. The van der Waals surface area contributed by atoms with E-state index in [0.29, 0.717) is 27.5 Å². The molecule has 0 aliphatic carbocycles. The smallest absolute Gasteiger partial charge is 0.266 e. The molecule has 29 heavy (non-hydrogen) atoms. The van der Waals surface area contributed by atoms with Crippen molar-refractivity contribution in [3.05, 3.63) is 58.9 Å². The zero-order chi connectivity index (χ0) is 20.2. The highest BCUT2D eigenvalue weighted by atomic mass is 32.2. The van der Waals surface area contributed by atoms with E-state index in [2.05, 4.69) is 0 Å². The van der Waals surface area contributed by atoms with Crippen LogP contribution in [0.3, 0.4) is 0 Å². The Morgan fingerprint density at radius 1 is 1.10 bits per heavy atom. The van der Waals surface area contributed by atoms with Crippen molar-refractivity contribution >= 4 is 28.6 Å². The molecule has 0 bridgehead atoms. The SMILES string of the molecule is COc1cccc(-n2c(SCC(=O)N3CCCCC3)nc3ccccc3c2=O)c1. The summed E-state index contributed by atoms with van der Waals surface area (Å²) in [6.07, 6.45) is 3.29. The van der Waals surface area contributed by atoms with Crippen molar-refractivity contribution in [2.24, 2.45) is 0 Å². The van der Waals surface area contributed by atoms with Crippen LogP contribution in [-0.2, 0) is 4.79 Å². The molecule has 150 valence electrons. The van der Waals surface area contributed by atoms with Crippen molar-refractivity contribution in [3.63, 3.8) is 0 Å². The Morgan fingerprint density at radius 2 is 1.90 bits per heavy atom. The lowest BCUT2D eigenvalue weighted by atomic mass is 10.1. The molecule has 0 atom stereocenters. The van der Waals surface area contributed by atoms with Crippen LogP contribution in [0.4, 0.5) is 0 Å². The third-order valence-electron chi connectivity index (χ3n) is 5.09. The molecule has 1 aliphatic heterocycles. The number of ether oxygens (including phenoxy) is 1. The van der Waals surface area contributed by atoms with Crippen molar-refractivity contribution in [1.29, 1.82) is 0 Å². The Hall–Kier alpha value is -2.80. The minimum atomic E-state index is -0.156. The Bertz CT molecular complexity index is 1090. The predicted octanol–water partition coefficient (Wildman–Crippen LogP) is 3.50. The Kier molecular flexibility index (Phi) is 5.85. The van der Waals surface area contributed by atoms with E-state index in [9.17, 15) is 9.59 Å². The van der Waals surface area contributed by atoms with E-state index < -0.39 is 0 Å². The molecule has 7 heteroatoms. The first-order valence-corrected chi connectivity index (χ1v) is 10.7. The number of para-hydroxylation sites is 1. The molecule has 1 aliphatic rings. The summed E-state index contributed by atoms with van der Waals surface area (Å²) in [6, 6.07) is 14.6. The summed E-state index contributed by atoms with van der Waals surface area (Å²) in [5, 5.41) is 1.05. The lowest BCUT2D eigenvalue weighted by molar-refractivity contribution is -0.129. The maximum Gasteiger partial charge on any atom is 0.266 e. The molecule has 0 radical (unpaired) electrons. The van der Waals surface area contributed by atoms with Crippen LogP contribution < -0.4 is 10.3 Å². The Balaban J connectivity index is 1.73. The number of rotatable bonds is 5. The predicted molar refractivity (Wildman–Crippen MR) is 115 cm³/mol. The van der Waals surface area contributed by atoms with Gasteiger partial charge in [0.25, 0.3) is 5.56 Å². The van der Waals surface area contributed by atoms with Crippen molar-refractivity contribution in [2.75, 3.05) is 26.0 Å². The van der Waals surface area contributed by atoms with E-state index in [1.165, 1.54) is 18.2 Å². The van der Waals surface area contributed by atoms with E-state index in [1.807, 2.05) is 41.3 Å². The number of thioether (sulfide) groups is 1. The van der Waals surface area contributed by atoms with Gasteiger partial charge < -0.3 is 9.64 Å². The highest BCUT2D eigenvalue weighted by Gasteiger charge is 2.19. The molecule has 0 saturated carbocycles. The number of amides is 1. The number of carbonyl (C=O) groups is 1. The van der Waals surface area contributed by atoms with Gasteiger partial charge in [0.05, 0.1) is 29.5 Å². The standard InChI is InChI=1S/C22H23N3O3S/c1-28-17-9-7-8-16(14-17)25-21(27)18-10-3-4-11-19(18)23-22(25)29-15-20(26)24-12-5-2-6-13-24/h3-4,7-11,14H,2,5-6,12-13,15H2,1H3. The summed E-state index contributed by atoms with van der Waals surface area (Å²) in [7, 11) is 1.59. The van der Waals surface area contributed by atoms with Crippen molar-refractivity contribution < 1.29 is 9.53 Å². The van der Waals surface area contributed by atoms with Crippen LogP contribution in [0.5, 0.6) is 5.75 Å². The molecule has 1 saturated heterocycles. The molecule has 2 heterocycles. The summed E-state index contributed by atoms with van der Waals surface area (Å²) in [5.74, 6) is 1.01. The number of carbonyl (C=O) groups excluding carboxylic acids is 1. The summed E-state index contributed by atoms with van der Waals surface area (Å²) < 4.78 is 6.89. The third-order valence-corrected chi connectivity index (χ3v) is 6.01. The zero-order valence-electron chi connectivity index (χ0n) is 16.3. The van der Waals surface area contributed by atoms with Crippen LogP contribution >= 0.6 is 11.8 Å². The fourth-order valence-electron chi connectivity index (χ4n) is 3.55. The number of likely N-dealkylation sites (tertiary alicyclic amines) is 1. The quantitative estimate of drug-likeness (QED) is 0.477. The number of aromatic nitrogens is 2. The van der Waals surface area contributed by atoms with Crippen LogP contribution in [0, 0.1) is 0 Å². The largest absolute Gasteiger partial charge is 0.497 e. The van der Waals surface area contributed by atoms with E-state index in [4.69, 9.17) is 9.72 Å². The van der Waals surface area contributed by atoms with Crippen LogP contribution in [0.25, 0.3) is 16.6 Å². The number of hydrogen-bond acceptors (Lipinski definition) is 5. The molecule has 0 spiro atoms. The molecule has 0 N–H and O–H groups in total. The van der Waals surface area contributed by atoms with Crippen molar-refractivity contribution in [2.45, 2.75) is 24.4 Å². The van der Waals surface area contributed by atoms with Gasteiger partial charge in [-0.2, -0.15) is 0 Å². The van der Waals surface area contributed by atoms with Gasteiger partial charge in [-0.15, -0.1) is 0 Å². The topological polar surface area (TPSA) is 64.4 Å². The maximum atomic E-state index is 13.3. The second-order valence-electron chi connectivity index (χ2n) is 6.98. The molecule has 2 aromatic carbocycles. The lowest BCUT2D eigenvalue weighted by Crippen LogP contribution is -2.36. The molecule has 1 fully saturated rings. The molecule has 6 nitrogen and oxygen atoms in total. The molecule has 1 amide bonds. The highest BCUT2D eigenvalue weighted by molar-refractivity contribution is 7.99. The van der Waals surface area contributed by atoms with E-state index in [-0.39, 0.29) is 17.2 Å². The highest BCUT2D eigenvalue weighted by Crippen LogP contribution is 2.24. The first-order valence-electron chi connectivity index (χ1n) is 9.74. The second kappa shape index (κ2) is 8.69. The van der Waals surface area contributed by atoms with Crippen molar-refractivity contribution in [1.82, 2.24) is 14.5 Å². The number of fused-ring (bicyclic) bond motifs is 1. The zero-order valence-corrected chi connectivity index (χ0v) is 17.2. The number of piperidine rings is 1. The van der Waals surface area contributed by atoms with Crippen LogP contribution in [0.1, 0.15) is 19.3 Å². The summed E-state index contributed by atoms with van der Waals surface area (Å²) in [4.78, 5) is 32.5. The van der Waals surface area contributed by atoms with Crippen LogP contribution in [0.2, 0.25) is 0 Å². The summed E-state index contributed by atoms with van der Waals surface area (Å²) in [5.41, 5.74) is 1.14. The van der Waals surface area contributed by atoms with Gasteiger partial charge >= 0.3 is 0 Å². The Morgan fingerprint density at radius 3 is 2.69 bits per heavy atom. The van der Waals surface area contributed by atoms with Gasteiger partial charge in [-0.25, -0.2) is 4.98 Å². The van der Waals surface area contributed by atoms with Gasteiger partial charge in [0.2, 0.25) is 5.91 Å². The first kappa shape index (κ1) is 19.5. The van der Waals surface area contributed by atoms with Crippen molar-refractivity contribution in [3.8, 4) is 11.4 Å². The maximum absolute atomic E-state index is 13.3. The number of methoxy groups -OCH3 is 1. The molecule has 0 unspecified atom stereocenters. The van der Waals surface area contributed by atoms with Gasteiger partial charge in [0.15, 0.2) is 5.16 Å². The molecule has 4 rings (SSSR count). The summed E-state index contributed by atoms with van der Waals surface area (Å²) in [6.45, 7) is 1.63. The monoisotopic (exact) mass is 409 g/mol. The molecular formula is C22H23N3O3S. The average molecular weight is 410 g/mol. The van der Waals surface area contributed by atoms with Gasteiger partial charge in [0, 0.05) is 19.2 Å². The average Bonchev–Trinajstić information content (AvgIpc) is 2.78. The van der Waals surface area contributed by atoms with E-state index >= 15 is 0 Å². The third kappa shape index (κ3) is 4.15. The molecule has 3 aromatic rings. The van der Waals surface area contributed by atoms with Gasteiger partial charge in [-0.1, -0.05) is 30.0 Å². The molecular weight excluding hydrogens is 386 g/mol. The lowest BCUT2D eigenvalue weighted by Gasteiger charge is -2.26. The Labute approximate surface area is 173 Å². The van der Waals surface area contributed by atoms with Gasteiger partial charge in [-0.05, 0) is 43.5 Å². The van der Waals surface area contributed by atoms with Gasteiger partial charge in [0.1, 0.15) is 5.75 Å². The molecule has 1 aromatic heterocycles. The van der Waals surface area contributed by atoms with Gasteiger partial charge in [-0.3, -0.25) is 14.2 Å². The first-order chi connectivity index (χ1) is 14.2. The summed E-state index contributed by atoms with van der Waals surface area (Å²) >= 11 is 1.31. The number of benzene rings is 2. The number of nitrogens with zero attached hydrogens (tertiary/aromatic N) is 3. The van der Waals surface area contributed by atoms with E-state index in [0.717, 1.165) is 25.9 Å². The van der Waals surface area contributed by atoms with Crippen LogP contribution in [-0.4, -0.2) is 46.3 Å². The van der Waals surface area contributed by atoms with E-state index in [1.54, 1.807) is 23.8 Å². The fourth-order valence-corrected chi connectivity index (χ4v) is 4.46. The normalized spacial score (nSPS) is 14.2. The minimum Gasteiger partial charge on any atom is -0.497 e. The minimum absolute atomic E-state index is 0.0919.